The molecule has 7 nitrogen and oxygen atoms in total. The Bertz CT molecular complexity index is 493. The number of amidine groups is 1. The average molecular weight is 259 g/mol. The molecule has 1 aromatic heterocycles. The zero-order valence-corrected chi connectivity index (χ0v) is 10.7. The number of hydrogen-bond donors (Lipinski definition) is 3. The van der Waals surface area contributed by atoms with Gasteiger partial charge in [-0.25, -0.2) is 18.1 Å². The fourth-order valence-corrected chi connectivity index (χ4v) is 2.54. The second-order valence-electron chi connectivity index (χ2n) is 3.79. The number of nitrogens with two attached hydrogens (primary N) is 1. The van der Waals surface area contributed by atoms with Crippen molar-refractivity contribution in [2.24, 2.45) is 5.73 Å². The number of nitrogens with one attached hydrogen (secondary N) is 2. The highest BCUT2D eigenvalue weighted by Gasteiger charge is 2.20. The van der Waals surface area contributed by atoms with Crippen LogP contribution in [0.5, 0.6) is 0 Å². The summed E-state index contributed by atoms with van der Waals surface area (Å²) in [4.78, 5) is 3.82. The Morgan fingerprint density at radius 1 is 1.71 bits per heavy atom. The van der Waals surface area contributed by atoms with E-state index in [4.69, 9.17) is 11.1 Å². The van der Waals surface area contributed by atoms with Gasteiger partial charge in [-0.05, 0) is 13.8 Å². The molecule has 0 spiro atoms. The highest BCUT2D eigenvalue weighted by atomic mass is 32.2. The van der Waals surface area contributed by atoms with Crippen molar-refractivity contribution in [3.8, 4) is 0 Å². The van der Waals surface area contributed by atoms with Crippen LogP contribution in [0.4, 0.5) is 0 Å². The first kappa shape index (κ1) is 13.7. The van der Waals surface area contributed by atoms with Gasteiger partial charge in [0.1, 0.15) is 0 Å². The standard InChI is InChI=1S/C9H17N5O2S/c1-3-14-5-9(12-6-14)17(15,16)13-7(2)4-8(10)11/h5-7,13H,3-4H2,1-2H3,(H3,10,11). The Labute approximate surface area is 101 Å². The molecule has 1 aromatic rings. The Kier molecular flexibility index (Phi) is 4.24. The van der Waals surface area contributed by atoms with Crippen LogP contribution >= 0.6 is 0 Å². The Balaban J connectivity index is 2.78. The van der Waals surface area contributed by atoms with Crippen LogP contribution in [0.3, 0.4) is 0 Å². The van der Waals surface area contributed by atoms with E-state index in [0.717, 1.165) is 0 Å². The SMILES string of the molecule is CCn1cnc(S(=O)(=O)NC(C)CC(=N)N)c1. The van der Waals surface area contributed by atoms with Crippen molar-refractivity contribution < 1.29 is 8.42 Å². The summed E-state index contributed by atoms with van der Waals surface area (Å²) >= 11 is 0. The number of imidazole rings is 1. The number of aromatic nitrogens is 2. The summed E-state index contributed by atoms with van der Waals surface area (Å²) in [5.74, 6) is -0.0562. The molecule has 0 saturated heterocycles. The van der Waals surface area contributed by atoms with E-state index in [2.05, 4.69) is 9.71 Å². The number of rotatable bonds is 6. The third-order valence-corrected chi connectivity index (χ3v) is 3.61. The highest BCUT2D eigenvalue weighted by molar-refractivity contribution is 7.89. The number of sulfonamides is 1. The van der Waals surface area contributed by atoms with Gasteiger partial charge in [0.15, 0.2) is 5.03 Å². The van der Waals surface area contributed by atoms with Gasteiger partial charge < -0.3 is 10.3 Å². The molecule has 0 aromatic carbocycles. The molecule has 1 atom stereocenters. The van der Waals surface area contributed by atoms with Gasteiger partial charge in [-0.3, -0.25) is 5.41 Å². The topological polar surface area (TPSA) is 114 Å². The summed E-state index contributed by atoms with van der Waals surface area (Å²) in [6.45, 7) is 4.20. The second-order valence-corrected chi connectivity index (χ2v) is 5.45. The van der Waals surface area contributed by atoms with Crippen molar-refractivity contribution in [2.45, 2.75) is 37.9 Å². The van der Waals surface area contributed by atoms with Crippen molar-refractivity contribution in [2.75, 3.05) is 0 Å². The van der Waals surface area contributed by atoms with Crippen molar-refractivity contribution >= 4 is 15.9 Å². The fourth-order valence-electron chi connectivity index (χ4n) is 1.35. The molecular weight excluding hydrogens is 242 g/mol. The molecule has 8 heteroatoms. The summed E-state index contributed by atoms with van der Waals surface area (Å²) in [7, 11) is -3.63. The highest BCUT2D eigenvalue weighted by Crippen LogP contribution is 2.06. The molecule has 0 aliphatic heterocycles. The summed E-state index contributed by atoms with van der Waals surface area (Å²) in [5.41, 5.74) is 5.21. The molecule has 1 heterocycles. The van der Waals surface area contributed by atoms with Crippen LogP contribution in [0.2, 0.25) is 0 Å². The number of nitrogens with zero attached hydrogens (tertiary/aromatic N) is 2. The summed E-state index contributed by atoms with van der Waals surface area (Å²) in [6.07, 6.45) is 3.10. The predicted octanol–water partition coefficient (Wildman–Crippen LogP) is -0.104. The minimum absolute atomic E-state index is 0.0187. The maximum Gasteiger partial charge on any atom is 0.259 e. The molecule has 0 amide bonds. The maximum absolute atomic E-state index is 11.9. The van der Waals surface area contributed by atoms with E-state index >= 15 is 0 Å². The number of aryl methyl sites for hydroxylation is 1. The van der Waals surface area contributed by atoms with Crippen molar-refractivity contribution in [3.05, 3.63) is 12.5 Å². The third kappa shape index (κ3) is 3.82. The normalized spacial score (nSPS) is 13.5. The smallest absolute Gasteiger partial charge is 0.259 e. The van der Waals surface area contributed by atoms with E-state index < -0.39 is 16.1 Å². The van der Waals surface area contributed by atoms with Crippen LogP contribution in [-0.2, 0) is 16.6 Å². The summed E-state index contributed by atoms with van der Waals surface area (Å²) in [6, 6.07) is -0.427. The fraction of sp³-hybridized carbons (Fsp3) is 0.556. The van der Waals surface area contributed by atoms with Gasteiger partial charge in [0.2, 0.25) is 0 Å². The second kappa shape index (κ2) is 5.28. The van der Waals surface area contributed by atoms with Crippen LogP contribution in [-0.4, -0.2) is 29.8 Å². The van der Waals surface area contributed by atoms with E-state index in [9.17, 15) is 8.42 Å². The van der Waals surface area contributed by atoms with E-state index in [0.29, 0.717) is 6.54 Å². The molecule has 1 rings (SSSR count). The lowest BCUT2D eigenvalue weighted by Gasteiger charge is -2.11. The number of hydrogen-bond acceptors (Lipinski definition) is 4. The lowest BCUT2D eigenvalue weighted by molar-refractivity contribution is 0.561. The molecule has 0 fully saturated rings. The van der Waals surface area contributed by atoms with Gasteiger partial charge in [0, 0.05) is 25.2 Å². The van der Waals surface area contributed by atoms with Crippen LogP contribution in [0.15, 0.2) is 17.6 Å². The minimum Gasteiger partial charge on any atom is -0.388 e. The van der Waals surface area contributed by atoms with E-state index in [1.165, 1.54) is 12.5 Å². The largest absolute Gasteiger partial charge is 0.388 e. The Morgan fingerprint density at radius 3 is 2.82 bits per heavy atom. The Hall–Kier alpha value is -1.41. The molecular formula is C9H17N5O2S. The van der Waals surface area contributed by atoms with E-state index in [-0.39, 0.29) is 17.3 Å². The van der Waals surface area contributed by atoms with Crippen LogP contribution in [0.25, 0.3) is 0 Å². The first-order valence-electron chi connectivity index (χ1n) is 5.22. The van der Waals surface area contributed by atoms with E-state index in [1.54, 1.807) is 11.5 Å². The zero-order valence-electron chi connectivity index (χ0n) is 9.84. The van der Waals surface area contributed by atoms with E-state index in [1.807, 2.05) is 6.92 Å². The predicted molar refractivity (Wildman–Crippen MR) is 64.2 cm³/mol. The average Bonchev–Trinajstić information content (AvgIpc) is 2.63. The van der Waals surface area contributed by atoms with Crippen LogP contribution < -0.4 is 10.5 Å². The first-order valence-corrected chi connectivity index (χ1v) is 6.70. The van der Waals surface area contributed by atoms with Gasteiger partial charge in [-0.1, -0.05) is 0 Å². The van der Waals surface area contributed by atoms with Gasteiger partial charge in [-0.2, -0.15) is 0 Å². The van der Waals surface area contributed by atoms with Gasteiger partial charge in [0.05, 0.1) is 12.2 Å². The lowest BCUT2D eigenvalue weighted by Crippen LogP contribution is -2.35. The van der Waals surface area contributed by atoms with Crippen LogP contribution in [0, 0.1) is 5.41 Å². The quantitative estimate of drug-likeness (QED) is 0.488. The van der Waals surface area contributed by atoms with Crippen molar-refractivity contribution in [1.82, 2.24) is 14.3 Å². The van der Waals surface area contributed by atoms with Gasteiger partial charge in [-0.15, -0.1) is 0 Å². The monoisotopic (exact) mass is 259 g/mol. The molecule has 96 valence electrons. The summed E-state index contributed by atoms with van der Waals surface area (Å²) in [5, 5.41) is 7.08. The summed E-state index contributed by atoms with van der Waals surface area (Å²) < 4.78 is 27.8. The molecule has 0 saturated carbocycles. The van der Waals surface area contributed by atoms with Gasteiger partial charge in [0.25, 0.3) is 10.0 Å². The zero-order chi connectivity index (χ0) is 13.1. The molecule has 17 heavy (non-hydrogen) atoms. The van der Waals surface area contributed by atoms with Crippen molar-refractivity contribution in [3.63, 3.8) is 0 Å². The molecule has 0 radical (unpaired) electrons. The minimum atomic E-state index is -3.63. The molecule has 0 aliphatic rings. The third-order valence-electron chi connectivity index (χ3n) is 2.13. The van der Waals surface area contributed by atoms with Crippen molar-refractivity contribution in [1.29, 1.82) is 5.41 Å². The molecule has 1 unspecified atom stereocenters. The lowest BCUT2D eigenvalue weighted by atomic mass is 10.2. The van der Waals surface area contributed by atoms with Crippen LogP contribution in [0.1, 0.15) is 20.3 Å². The maximum atomic E-state index is 11.9. The molecule has 0 bridgehead atoms. The molecule has 0 aliphatic carbocycles. The Morgan fingerprint density at radius 2 is 2.35 bits per heavy atom. The molecule has 4 N–H and O–H groups in total. The first-order chi connectivity index (χ1) is 7.85. The van der Waals surface area contributed by atoms with Gasteiger partial charge >= 0.3 is 0 Å².